The van der Waals surface area contributed by atoms with Crippen molar-refractivity contribution >= 4 is 5.91 Å². The van der Waals surface area contributed by atoms with Gasteiger partial charge in [-0.05, 0) is 50.5 Å². The molecule has 3 heterocycles. The Bertz CT molecular complexity index is 799. The number of amides is 1. The molecule has 0 saturated carbocycles. The maximum Gasteiger partial charge on any atom is 0.406 e. The minimum absolute atomic E-state index is 0.0753. The fourth-order valence-electron chi connectivity index (χ4n) is 3.88. The molecule has 0 radical (unpaired) electrons. The molecule has 146 valence electrons. The number of halogens is 3. The summed E-state index contributed by atoms with van der Waals surface area (Å²) in [6.45, 7) is 2.73. The number of aryl methyl sites for hydroxylation is 1. The molecule has 1 aliphatic rings. The maximum atomic E-state index is 13.3. The largest absolute Gasteiger partial charge is 0.406 e. The van der Waals surface area contributed by atoms with E-state index in [0.29, 0.717) is 23.5 Å². The number of alkyl halides is 3. The summed E-state index contributed by atoms with van der Waals surface area (Å²) < 4.78 is 39.8. The number of aromatic nitrogens is 2. The Balaban J connectivity index is 1.94. The third-order valence-electron chi connectivity index (χ3n) is 5.25. The van der Waals surface area contributed by atoms with Crippen LogP contribution in [0.5, 0.6) is 0 Å². The molecule has 0 bridgehead atoms. The minimum Gasteiger partial charge on any atom is -0.339 e. The zero-order chi connectivity index (χ0) is 19.6. The highest BCUT2D eigenvalue weighted by molar-refractivity contribution is 5.96. The maximum absolute atomic E-state index is 13.3. The summed E-state index contributed by atoms with van der Waals surface area (Å²) in [5, 5.41) is 0. The number of hydrogen-bond acceptors (Lipinski definition) is 2. The summed E-state index contributed by atoms with van der Waals surface area (Å²) in [6.07, 6.45) is 2.89. The summed E-state index contributed by atoms with van der Waals surface area (Å²) >= 11 is 0. The van der Waals surface area contributed by atoms with E-state index in [2.05, 4.69) is 4.98 Å². The van der Waals surface area contributed by atoms with Crippen LogP contribution in [-0.4, -0.2) is 33.1 Å². The van der Waals surface area contributed by atoms with Crippen LogP contribution in [-0.2, 0) is 6.54 Å². The lowest BCUT2D eigenvalue weighted by atomic mass is 10.0. The molecule has 0 spiro atoms. The molecule has 1 fully saturated rings. The van der Waals surface area contributed by atoms with E-state index in [4.69, 9.17) is 0 Å². The first-order valence-corrected chi connectivity index (χ1v) is 9.22. The van der Waals surface area contributed by atoms with Crippen LogP contribution in [0.3, 0.4) is 0 Å². The molecule has 7 heteroatoms. The Hall–Kier alpha value is -2.31. The number of hydrogen-bond donors (Lipinski definition) is 0. The Kier molecular flexibility index (Phi) is 5.58. The van der Waals surface area contributed by atoms with Crippen LogP contribution >= 0.6 is 0 Å². The van der Waals surface area contributed by atoms with Gasteiger partial charge in [0.05, 0.1) is 11.6 Å². The SMILES string of the molecule is Cc1cc(C(=O)N2CCCCCC2c2ccncc2)c(C)n1CC(F)(F)F. The van der Waals surface area contributed by atoms with Gasteiger partial charge in [-0.25, -0.2) is 0 Å². The number of likely N-dealkylation sites (tertiary alicyclic amines) is 1. The summed E-state index contributed by atoms with van der Waals surface area (Å²) in [7, 11) is 0. The molecule has 1 aliphatic heterocycles. The standard InChI is InChI=1S/C20H24F3N3O/c1-14-12-17(15(2)26(14)13-20(21,22)23)19(27)25-11-5-3-4-6-18(25)16-7-9-24-10-8-16/h7-10,12,18H,3-6,11,13H2,1-2H3. The van der Waals surface area contributed by atoms with Crippen molar-refractivity contribution < 1.29 is 18.0 Å². The molecule has 0 aliphatic carbocycles. The first kappa shape index (κ1) is 19.5. The smallest absolute Gasteiger partial charge is 0.339 e. The van der Waals surface area contributed by atoms with E-state index in [0.717, 1.165) is 31.2 Å². The van der Waals surface area contributed by atoms with E-state index >= 15 is 0 Å². The van der Waals surface area contributed by atoms with Crippen LogP contribution in [0, 0.1) is 13.8 Å². The number of rotatable bonds is 3. The zero-order valence-electron chi connectivity index (χ0n) is 15.6. The van der Waals surface area contributed by atoms with Crippen LogP contribution in [0.1, 0.15) is 59.0 Å². The van der Waals surface area contributed by atoms with Crippen LogP contribution < -0.4 is 0 Å². The van der Waals surface area contributed by atoms with Gasteiger partial charge >= 0.3 is 6.18 Å². The fourth-order valence-corrected chi connectivity index (χ4v) is 3.88. The fraction of sp³-hybridized carbons (Fsp3) is 0.500. The van der Waals surface area contributed by atoms with Crippen LogP contribution in [0.25, 0.3) is 0 Å². The predicted octanol–water partition coefficient (Wildman–Crippen LogP) is 4.82. The van der Waals surface area contributed by atoms with E-state index in [-0.39, 0.29) is 11.9 Å². The highest BCUT2D eigenvalue weighted by atomic mass is 19.4. The average molecular weight is 379 g/mol. The Labute approximate surface area is 157 Å². The summed E-state index contributed by atoms with van der Waals surface area (Å²) in [5.74, 6) is -0.194. The Morgan fingerprint density at radius 3 is 2.56 bits per heavy atom. The molecule has 3 rings (SSSR count). The number of nitrogens with zero attached hydrogens (tertiary/aromatic N) is 3. The molecule has 2 aromatic rings. The van der Waals surface area contributed by atoms with Crippen LogP contribution in [0.2, 0.25) is 0 Å². The topological polar surface area (TPSA) is 38.1 Å². The van der Waals surface area contributed by atoms with Gasteiger partial charge in [-0.3, -0.25) is 9.78 Å². The molecule has 1 amide bonds. The molecular formula is C20H24F3N3O. The first-order valence-electron chi connectivity index (χ1n) is 9.22. The quantitative estimate of drug-likeness (QED) is 0.767. The van der Waals surface area contributed by atoms with Gasteiger partial charge in [0.15, 0.2) is 0 Å². The zero-order valence-corrected chi connectivity index (χ0v) is 15.6. The van der Waals surface area contributed by atoms with E-state index in [1.54, 1.807) is 32.3 Å². The average Bonchev–Trinajstić information content (AvgIpc) is 2.82. The minimum atomic E-state index is -4.32. The van der Waals surface area contributed by atoms with Crippen molar-refractivity contribution in [3.05, 3.63) is 53.1 Å². The van der Waals surface area contributed by atoms with E-state index in [9.17, 15) is 18.0 Å². The molecule has 1 atom stereocenters. The van der Waals surface area contributed by atoms with Gasteiger partial charge in [0, 0.05) is 30.3 Å². The van der Waals surface area contributed by atoms with Gasteiger partial charge in [0.2, 0.25) is 0 Å². The van der Waals surface area contributed by atoms with Gasteiger partial charge in [-0.2, -0.15) is 13.2 Å². The summed E-state index contributed by atoms with van der Waals surface area (Å²) in [4.78, 5) is 19.2. The summed E-state index contributed by atoms with van der Waals surface area (Å²) in [6, 6.07) is 5.32. The second-order valence-corrected chi connectivity index (χ2v) is 7.13. The van der Waals surface area contributed by atoms with Gasteiger partial charge in [0.1, 0.15) is 6.54 Å². The molecule has 1 unspecified atom stereocenters. The number of carbonyl (C=O) groups is 1. The van der Waals surface area contributed by atoms with Gasteiger partial charge in [-0.15, -0.1) is 0 Å². The molecule has 2 aromatic heterocycles. The monoisotopic (exact) mass is 379 g/mol. The highest BCUT2D eigenvalue weighted by Gasteiger charge is 2.33. The van der Waals surface area contributed by atoms with Crippen molar-refractivity contribution in [1.29, 1.82) is 0 Å². The third kappa shape index (κ3) is 4.34. The van der Waals surface area contributed by atoms with Crippen molar-refractivity contribution in [3.63, 3.8) is 0 Å². The van der Waals surface area contributed by atoms with Gasteiger partial charge < -0.3 is 9.47 Å². The second-order valence-electron chi connectivity index (χ2n) is 7.13. The van der Waals surface area contributed by atoms with Crippen molar-refractivity contribution in [2.24, 2.45) is 0 Å². The molecule has 1 saturated heterocycles. The Morgan fingerprint density at radius 1 is 1.19 bits per heavy atom. The van der Waals surface area contributed by atoms with E-state index < -0.39 is 12.7 Å². The van der Waals surface area contributed by atoms with Crippen LogP contribution in [0.4, 0.5) is 13.2 Å². The number of carbonyl (C=O) groups excluding carboxylic acids is 1. The predicted molar refractivity (Wildman–Crippen MR) is 96.4 cm³/mol. The van der Waals surface area contributed by atoms with Crippen LogP contribution in [0.15, 0.2) is 30.6 Å². The first-order chi connectivity index (χ1) is 12.8. The van der Waals surface area contributed by atoms with Crippen molar-refractivity contribution in [2.75, 3.05) is 6.54 Å². The molecule has 4 nitrogen and oxygen atoms in total. The molecule has 27 heavy (non-hydrogen) atoms. The van der Waals surface area contributed by atoms with Gasteiger partial charge in [-0.1, -0.05) is 12.8 Å². The lowest BCUT2D eigenvalue weighted by molar-refractivity contribution is -0.141. The molecule has 0 aromatic carbocycles. The second kappa shape index (κ2) is 7.74. The normalized spacial score (nSPS) is 18.4. The highest BCUT2D eigenvalue weighted by Crippen LogP contribution is 2.32. The van der Waals surface area contributed by atoms with Crippen molar-refractivity contribution in [2.45, 2.75) is 58.3 Å². The van der Waals surface area contributed by atoms with Crippen molar-refractivity contribution in [3.8, 4) is 0 Å². The summed E-state index contributed by atoms with van der Waals surface area (Å²) in [5.41, 5.74) is 2.19. The Morgan fingerprint density at radius 2 is 1.89 bits per heavy atom. The molecular weight excluding hydrogens is 355 g/mol. The van der Waals surface area contributed by atoms with E-state index in [1.807, 2.05) is 17.0 Å². The van der Waals surface area contributed by atoms with Crippen molar-refractivity contribution in [1.82, 2.24) is 14.5 Å². The lowest BCUT2D eigenvalue weighted by Crippen LogP contribution is -2.35. The lowest BCUT2D eigenvalue weighted by Gasteiger charge is -2.30. The number of pyridine rings is 1. The molecule has 0 N–H and O–H groups in total. The van der Waals surface area contributed by atoms with E-state index in [1.165, 1.54) is 4.57 Å². The van der Waals surface area contributed by atoms with Gasteiger partial charge in [0.25, 0.3) is 5.91 Å². The third-order valence-corrected chi connectivity index (χ3v) is 5.25.